The topological polar surface area (TPSA) is 76.7 Å². The molecule has 0 saturated heterocycles. The molecule has 2 amide bonds. The van der Waals surface area contributed by atoms with Crippen molar-refractivity contribution in [2.24, 2.45) is 0 Å². The molecule has 0 saturated carbocycles. The van der Waals surface area contributed by atoms with Crippen LogP contribution in [-0.2, 0) is 4.79 Å². The quantitative estimate of drug-likeness (QED) is 0.472. The number of alkyl halides is 5. The Morgan fingerprint density at radius 2 is 1.84 bits per heavy atom. The number of anilines is 1. The number of ether oxygens (including phenoxy) is 2. The van der Waals surface area contributed by atoms with E-state index in [1.54, 1.807) is 5.32 Å². The van der Waals surface area contributed by atoms with Gasteiger partial charge >= 0.3 is 12.8 Å². The molecule has 6 nitrogen and oxygen atoms in total. The number of methoxy groups -OCH3 is 1. The molecule has 0 atom stereocenters. The third-order valence-electron chi connectivity index (χ3n) is 3.69. The molecule has 2 aromatic carbocycles. The molecule has 11 heteroatoms. The van der Waals surface area contributed by atoms with Crippen LogP contribution in [0.4, 0.5) is 27.6 Å². The van der Waals surface area contributed by atoms with Crippen LogP contribution in [0.1, 0.15) is 15.9 Å². The summed E-state index contributed by atoms with van der Waals surface area (Å²) in [7, 11) is 1.27. The lowest BCUT2D eigenvalue weighted by Gasteiger charge is -2.12. The molecule has 0 aliphatic heterocycles. The van der Waals surface area contributed by atoms with E-state index in [4.69, 9.17) is 4.74 Å². The first-order chi connectivity index (χ1) is 14.6. The van der Waals surface area contributed by atoms with Crippen LogP contribution in [0.25, 0.3) is 6.08 Å². The average Bonchev–Trinajstić information content (AvgIpc) is 2.70. The number of carbonyl (C=O) groups is 2. The molecule has 2 aromatic rings. The molecule has 0 heterocycles. The highest BCUT2D eigenvalue weighted by atomic mass is 19.4. The van der Waals surface area contributed by atoms with Gasteiger partial charge < -0.3 is 20.1 Å². The van der Waals surface area contributed by atoms with E-state index in [0.29, 0.717) is 0 Å². The summed E-state index contributed by atoms with van der Waals surface area (Å²) in [6.45, 7) is -4.60. The summed E-state index contributed by atoms with van der Waals surface area (Å²) < 4.78 is 71.4. The van der Waals surface area contributed by atoms with Crippen molar-refractivity contribution in [1.82, 2.24) is 5.32 Å². The van der Waals surface area contributed by atoms with Crippen molar-refractivity contribution in [3.8, 4) is 11.5 Å². The maximum Gasteiger partial charge on any atom is 0.405 e. The normalized spacial score (nSPS) is 11.5. The van der Waals surface area contributed by atoms with Crippen LogP contribution in [0, 0.1) is 0 Å². The zero-order chi connectivity index (χ0) is 23.0. The summed E-state index contributed by atoms with van der Waals surface area (Å²) in [5.74, 6) is -1.86. The maximum absolute atomic E-state index is 12.7. The van der Waals surface area contributed by atoms with Crippen molar-refractivity contribution in [1.29, 1.82) is 0 Å². The van der Waals surface area contributed by atoms with E-state index >= 15 is 0 Å². The summed E-state index contributed by atoms with van der Waals surface area (Å²) >= 11 is 0. The lowest BCUT2D eigenvalue weighted by atomic mass is 10.1. The van der Waals surface area contributed by atoms with Gasteiger partial charge in [0.25, 0.3) is 5.91 Å². The van der Waals surface area contributed by atoms with Crippen LogP contribution in [0.15, 0.2) is 48.5 Å². The minimum Gasteiger partial charge on any atom is -0.493 e. The van der Waals surface area contributed by atoms with Crippen LogP contribution in [0.2, 0.25) is 0 Å². The molecule has 0 aliphatic rings. The third kappa shape index (κ3) is 7.61. The van der Waals surface area contributed by atoms with E-state index in [1.807, 2.05) is 0 Å². The van der Waals surface area contributed by atoms with Crippen molar-refractivity contribution < 1.29 is 41.0 Å². The van der Waals surface area contributed by atoms with Crippen LogP contribution in [0.3, 0.4) is 0 Å². The zero-order valence-electron chi connectivity index (χ0n) is 16.0. The minimum atomic E-state index is -4.56. The van der Waals surface area contributed by atoms with Crippen LogP contribution < -0.4 is 20.1 Å². The highest BCUT2D eigenvalue weighted by Gasteiger charge is 2.27. The van der Waals surface area contributed by atoms with Gasteiger partial charge in [-0.25, -0.2) is 0 Å². The molecular weight excluding hydrogens is 427 g/mol. The van der Waals surface area contributed by atoms with Crippen molar-refractivity contribution >= 4 is 23.6 Å². The number of hydrogen-bond donors (Lipinski definition) is 2. The standard InChI is InChI=1S/C20H17F5N2O4/c1-30-15-7-3-4-12(17(15)31-19(21)22)8-9-16(28)27-14-6-2-5-13(10-14)18(29)26-11-20(23,24)25/h2-10,19H,11H2,1H3,(H,26,29)(H,27,28)/b9-8+. The molecule has 0 spiro atoms. The predicted octanol–water partition coefficient (Wildman–Crippen LogP) is 4.24. The molecule has 31 heavy (non-hydrogen) atoms. The Bertz CT molecular complexity index is 961. The lowest BCUT2D eigenvalue weighted by molar-refractivity contribution is -0.123. The minimum absolute atomic E-state index is 0.0421. The Morgan fingerprint density at radius 1 is 1.13 bits per heavy atom. The van der Waals surface area contributed by atoms with E-state index in [9.17, 15) is 31.5 Å². The summed E-state index contributed by atoms with van der Waals surface area (Å²) in [5.41, 5.74) is 0.200. The molecule has 0 aromatic heterocycles. The van der Waals surface area contributed by atoms with Gasteiger partial charge in [-0.3, -0.25) is 9.59 Å². The van der Waals surface area contributed by atoms with Gasteiger partial charge in [-0.15, -0.1) is 0 Å². The number of nitrogens with one attached hydrogen (secondary N) is 2. The number of amides is 2. The molecule has 2 rings (SSSR count). The molecule has 0 fully saturated rings. The molecule has 0 bridgehead atoms. The van der Waals surface area contributed by atoms with Crippen molar-refractivity contribution in [2.75, 3.05) is 19.0 Å². The monoisotopic (exact) mass is 444 g/mol. The maximum atomic E-state index is 12.7. The average molecular weight is 444 g/mol. The molecule has 2 N–H and O–H groups in total. The first-order valence-corrected chi connectivity index (χ1v) is 8.65. The first-order valence-electron chi connectivity index (χ1n) is 8.65. The Labute approximate surface area is 173 Å². The molecular formula is C20H17F5N2O4. The largest absolute Gasteiger partial charge is 0.493 e. The van der Waals surface area contributed by atoms with Crippen LogP contribution >= 0.6 is 0 Å². The van der Waals surface area contributed by atoms with Gasteiger partial charge in [0, 0.05) is 22.9 Å². The van der Waals surface area contributed by atoms with Gasteiger partial charge in [-0.2, -0.15) is 22.0 Å². The highest BCUT2D eigenvalue weighted by Crippen LogP contribution is 2.33. The Morgan fingerprint density at radius 3 is 2.48 bits per heavy atom. The Hall–Kier alpha value is -3.63. The summed E-state index contributed by atoms with van der Waals surface area (Å²) in [4.78, 5) is 23.9. The van der Waals surface area contributed by atoms with Crippen molar-refractivity contribution in [3.05, 3.63) is 59.7 Å². The number of hydrogen-bond acceptors (Lipinski definition) is 4. The number of rotatable bonds is 8. The third-order valence-corrected chi connectivity index (χ3v) is 3.69. The predicted molar refractivity (Wildman–Crippen MR) is 102 cm³/mol. The Kier molecular flexibility index (Phi) is 7.94. The summed E-state index contributed by atoms with van der Waals surface area (Å²) in [6.07, 6.45) is -2.31. The lowest BCUT2D eigenvalue weighted by Crippen LogP contribution is -2.33. The molecule has 166 valence electrons. The SMILES string of the molecule is COc1cccc(/C=C/C(=O)Nc2cccc(C(=O)NCC(F)(F)F)c2)c1OC(F)F. The van der Waals surface area contributed by atoms with Crippen molar-refractivity contribution in [2.45, 2.75) is 12.8 Å². The van der Waals surface area contributed by atoms with E-state index in [-0.39, 0.29) is 28.3 Å². The fraction of sp³-hybridized carbons (Fsp3) is 0.200. The molecule has 0 aliphatic carbocycles. The van der Waals surface area contributed by atoms with E-state index < -0.39 is 31.1 Å². The van der Waals surface area contributed by atoms with Gasteiger partial charge in [0.2, 0.25) is 5.91 Å². The first kappa shape index (κ1) is 23.6. The smallest absolute Gasteiger partial charge is 0.405 e. The summed E-state index contributed by atoms with van der Waals surface area (Å²) in [5, 5.41) is 4.14. The van der Waals surface area contributed by atoms with E-state index in [2.05, 4.69) is 10.1 Å². The number of benzene rings is 2. The number of para-hydroxylation sites is 1. The van der Waals surface area contributed by atoms with Gasteiger partial charge in [-0.05, 0) is 30.3 Å². The van der Waals surface area contributed by atoms with Gasteiger partial charge in [-0.1, -0.05) is 18.2 Å². The van der Waals surface area contributed by atoms with Crippen molar-refractivity contribution in [3.63, 3.8) is 0 Å². The van der Waals surface area contributed by atoms with Crippen LogP contribution in [0.5, 0.6) is 11.5 Å². The van der Waals surface area contributed by atoms with Gasteiger partial charge in [0.05, 0.1) is 7.11 Å². The van der Waals surface area contributed by atoms with Gasteiger partial charge in [0.1, 0.15) is 6.54 Å². The zero-order valence-corrected chi connectivity index (χ0v) is 16.0. The fourth-order valence-corrected chi connectivity index (χ4v) is 2.41. The molecule has 0 unspecified atom stereocenters. The van der Waals surface area contributed by atoms with Gasteiger partial charge in [0.15, 0.2) is 11.5 Å². The van der Waals surface area contributed by atoms with E-state index in [1.165, 1.54) is 55.7 Å². The number of halogens is 5. The van der Waals surface area contributed by atoms with Crippen LogP contribution in [-0.4, -0.2) is 38.3 Å². The fourth-order valence-electron chi connectivity index (χ4n) is 2.41. The highest BCUT2D eigenvalue weighted by molar-refractivity contribution is 6.03. The Balaban J connectivity index is 2.10. The second kappa shape index (κ2) is 10.4. The second-order valence-corrected chi connectivity index (χ2v) is 5.96. The number of carbonyl (C=O) groups excluding carboxylic acids is 2. The van der Waals surface area contributed by atoms with E-state index in [0.717, 1.165) is 6.08 Å². The molecule has 0 radical (unpaired) electrons. The summed E-state index contributed by atoms with van der Waals surface area (Å²) in [6, 6.07) is 9.61. The second-order valence-electron chi connectivity index (χ2n) is 5.96.